The Bertz CT molecular complexity index is 363. The number of hydrogen-bond acceptors (Lipinski definition) is 4. The Morgan fingerprint density at radius 2 is 2.12 bits per heavy atom. The summed E-state index contributed by atoms with van der Waals surface area (Å²) in [5, 5.41) is 0. The smallest absolute Gasteiger partial charge is 0.342 e. The fourth-order valence-corrected chi connectivity index (χ4v) is 2.90. The molecule has 0 saturated carbocycles. The van der Waals surface area contributed by atoms with Crippen molar-refractivity contribution < 1.29 is 13.2 Å². The number of carbonyl (C=O) groups excluding carboxylic acids is 1. The number of unbranched alkanes of at least 4 members (excludes halogenated alkanes) is 1. The van der Waals surface area contributed by atoms with Crippen molar-refractivity contribution in [3.8, 4) is 0 Å². The SMILES string of the molecule is C=CCCCS(=O)(=NC(C)(C)C)OC(N)=O. The number of hydrogen-bond donors (Lipinski definition) is 1. The number of nitrogens with zero attached hydrogens (tertiary/aromatic N) is 1. The first-order valence-electron chi connectivity index (χ1n) is 5.04. The molecular weight excluding hydrogens is 228 g/mol. The standard InChI is InChI=1S/C10H20N2O3S/c1-5-6-7-8-16(14,15-9(11)13)12-10(2,3)4/h5H,1,6-8H2,2-4H3,(H2,11,13). The summed E-state index contributed by atoms with van der Waals surface area (Å²) in [5.74, 6) is 0.180. The van der Waals surface area contributed by atoms with Crippen LogP contribution in [0.15, 0.2) is 17.0 Å². The fourth-order valence-electron chi connectivity index (χ4n) is 1.06. The lowest BCUT2D eigenvalue weighted by Crippen LogP contribution is -2.24. The van der Waals surface area contributed by atoms with Gasteiger partial charge in [-0.05, 0) is 33.6 Å². The second-order valence-electron chi connectivity index (χ2n) is 4.38. The molecule has 1 atom stereocenters. The quantitative estimate of drug-likeness (QED) is 0.598. The third kappa shape index (κ3) is 7.28. The van der Waals surface area contributed by atoms with Crippen LogP contribution in [0.2, 0.25) is 0 Å². The molecule has 1 amide bonds. The molecule has 0 aromatic heterocycles. The average Bonchev–Trinajstić information content (AvgIpc) is 1.98. The lowest BCUT2D eigenvalue weighted by molar-refractivity contribution is 0.215. The van der Waals surface area contributed by atoms with Gasteiger partial charge in [-0.3, -0.25) is 0 Å². The molecule has 0 aromatic carbocycles. The molecule has 0 aliphatic heterocycles. The minimum absolute atomic E-state index is 0.180. The molecule has 0 fully saturated rings. The molecule has 94 valence electrons. The second kappa shape index (κ2) is 5.89. The van der Waals surface area contributed by atoms with E-state index in [-0.39, 0.29) is 5.75 Å². The van der Waals surface area contributed by atoms with Gasteiger partial charge < -0.3 is 9.92 Å². The normalized spacial score (nSPS) is 14.9. The van der Waals surface area contributed by atoms with E-state index < -0.39 is 21.6 Å². The molecule has 0 bridgehead atoms. The van der Waals surface area contributed by atoms with Gasteiger partial charge in [0.2, 0.25) is 10.0 Å². The van der Waals surface area contributed by atoms with Crippen molar-refractivity contribution >= 4 is 16.1 Å². The molecule has 2 N–H and O–H groups in total. The molecule has 0 radical (unpaired) electrons. The first kappa shape index (κ1) is 15.0. The van der Waals surface area contributed by atoms with E-state index in [1.165, 1.54) is 0 Å². The van der Waals surface area contributed by atoms with Crippen LogP contribution in [0.25, 0.3) is 0 Å². The van der Waals surface area contributed by atoms with Crippen molar-refractivity contribution in [2.75, 3.05) is 5.75 Å². The maximum atomic E-state index is 12.2. The molecule has 0 spiro atoms. The Labute approximate surface area is 97.4 Å². The van der Waals surface area contributed by atoms with Crippen LogP contribution in [0.4, 0.5) is 4.79 Å². The summed E-state index contributed by atoms with van der Waals surface area (Å²) >= 11 is 0. The molecule has 0 rings (SSSR count). The molecule has 16 heavy (non-hydrogen) atoms. The highest BCUT2D eigenvalue weighted by Crippen LogP contribution is 2.14. The minimum atomic E-state index is -3.02. The summed E-state index contributed by atoms with van der Waals surface area (Å²) in [6.45, 7) is 8.91. The van der Waals surface area contributed by atoms with Crippen molar-refractivity contribution in [3.63, 3.8) is 0 Å². The topological polar surface area (TPSA) is 81.8 Å². The first-order chi connectivity index (χ1) is 7.18. The van der Waals surface area contributed by atoms with Crippen molar-refractivity contribution in [3.05, 3.63) is 12.7 Å². The first-order valence-corrected chi connectivity index (χ1v) is 6.65. The molecule has 0 saturated heterocycles. The van der Waals surface area contributed by atoms with Crippen LogP contribution in [0, 0.1) is 0 Å². The number of primary amides is 1. The Kier molecular flexibility index (Phi) is 5.50. The van der Waals surface area contributed by atoms with Crippen LogP contribution in [-0.4, -0.2) is 21.6 Å². The van der Waals surface area contributed by atoms with E-state index in [4.69, 9.17) is 5.73 Å². The number of rotatable bonds is 5. The molecule has 1 unspecified atom stereocenters. The highest BCUT2D eigenvalue weighted by Gasteiger charge is 2.18. The van der Waals surface area contributed by atoms with E-state index in [2.05, 4.69) is 15.1 Å². The average molecular weight is 248 g/mol. The number of allylic oxidation sites excluding steroid dienone is 1. The van der Waals surface area contributed by atoms with Gasteiger partial charge in [0, 0.05) is 0 Å². The van der Waals surface area contributed by atoms with Crippen LogP contribution < -0.4 is 5.73 Å². The van der Waals surface area contributed by atoms with Crippen molar-refractivity contribution in [1.29, 1.82) is 0 Å². The van der Waals surface area contributed by atoms with E-state index in [0.29, 0.717) is 12.8 Å². The Balaban J connectivity index is 4.89. The second-order valence-corrected chi connectivity index (χ2v) is 6.30. The van der Waals surface area contributed by atoms with Crippen LogP contribution in [-0.2, 0) is 14.2 Å². The van der Waals surface area contributed by atoms with Gasteiger partial charge in [0.05, 0.1) is 11.3 Å². The zero-order valence-electron chi connectivity index (χ0n) is 10.1. The zero-order chi connectivity index (χ0) is 12.8. The summed E-state index contributed by atoms with van der Waals surface area (Å²) in [4.78, 5) is 10.7. The largest absolute Gasteiger partial charge is 0.419 e. The van der Waals surface area contributed by atoms with E-state index in [9.17, 15) is 9.00 Å². The van der Waals surface area contributed by atoms with E-state index in [1.807, 2.05) is 0 Å². The summed E-state index contributed by atoms with van der Waals surface area (Å²) in [7, 11) is -3.02. The fraction of sp³-hybridized carbons (Fsp3) is 0.700. The molecule has 5 nitrogen and oxygen atoms in total. The number of amides is 1. The third-order valence-electron chi connectivity index (χ3n) is 1.44. The summed E-state index contributed by atoms with van der Waals surface area (Å²) in [6.07, 6.45) is 1.94. The summed E-state index contributed by atoms with van der Waals surface area (Å²) in [6, 6.07) is 0. The molecular formula is C10H20N2O3S. The van der Waals surface area contributed by atoms with Crippen molar-refractivity contribution in [1.82, 2.24) is 0 Å². The van der Waals surface area contributed by atoms with Gasteiger partial charge in [-0.2, -0.15) is 4.36 Å². The molecule has 0 aromatic rings. The van der Waals surface area contributed by atoms with E-state index >= 15 is 0 Å². The predicted molar refractivity (Wildman–Crippen MR) is 65.3 cm³/mol. The van der Waals surface area contributed by atoms with Crippen LogP contribution in [0.3, 0.4) is 0 Å². The highest BCUT2D eigenvalue weighted by atomic mass is 32.2. The minimum Gasteiger partial charge on any atom is -0.342 e. The van der Waals surface area contributed by atoms with Gasteiger partial charge in [-0.1, -0.05) is 6.08 Å². The Hall–Kier alpha value is -1.04. The van der Waals surface area contributed by atoms with Gasteiger partial charge in [0.1, 0.15) is 0 Å². The van der Waals surface area contributed by atoms with Crippen molar-refractivity contribution in [2.24, 2.45) is 10.1 Å². The van der Waals surface area contributed by atoms with Gasteiger partial charge in [0.15, 0.2) is 0 Å². The third-order valence-corrected chi connectivity index (χ3v) is 3.49. The maximum Gasteiger partial charge on any atom is 0.419 e. The number of carbonyl (C=O) groups is 1. The van der Waals surface area contributed by atoms with Crippen LogP contribution in [0.5, 0.6) is 0 Å². The number of nitrogens with two attached hydrogens (primary N) is 1. The van der Waals surface area contributed by atoms with Crippen LogP contribution in [0.1, 0.15) is 33.6 Å². The van der Waals surface area contributed by atoms with Crippen molar-refractivity contribution in [2.45, 2.75) is 39.2 Å². The Morgan fingerprint density at radius 3 is 2.50 bits per heavy atom. The highest BCUT2D eigenvalue weighted by molar-refractivity contribution is 7.89. The molecule has 6 heteroatoms. The maximum absolute atomic E-state index is 12.2. The summed E-state index contributed by atoms with van der Waals surface area (Å²) in [5.41, 5.74) is 4.34. The van der Waals surface area contributed by atoms with Gasteiger partial charge in [-0.15, -0.1) is 6.58 Å². The lowest BCUT2D eigenvalue weighted by atomic mass is 10.1. The van der Waals surface area contributed by atoms with Gasteiger partial charge in [-0.25, -0.2) is 9.00 Å². The molecule has 0 aliphatic carbocycles. The predicted octanol–water partition coefficient (Wildman–Crippen LogP) is 2.23. The van der Waals surface area contributed by atoms with Crippen LogP contribution >= 0.6 is 0 Å². The molecule has 0 aliphatic rings. The Morgan fingerprint density at radius 1 is 1.56 bits per heavy atom. The van der Waals surface area contributed by atoms with Gasteiger partial charge in [0.25, 0.3) is 0 Å². The zero-order valence-corrected chi connectivity index (χ0v) is 10.9. The monoisotopic (exact) mass is 248 g/mol. The lowest BCUT2D eigenvalue weighted by Gasteiger charge is -2.16. The molecule has 0 heterocycles. The van der Waals surface area contributed by atoms with E-state index in [0.717, 1.165) is 0 Å². The summed E-state index contributed by atoms with van der Waals surface area (Å²) < 4.78 is 20.8. The van der Waals surface area contributed by atoms with Gasteiger partial charge >= 0.3 is 6.09 Å². The van der Waals surface area contributed by atoms with E-state index in [1.54, 1.807) is 26.8 Å².